The number of benzene rings is 2. The van der Waals surface area contributed by atoms with Gasteiger partial charge in [0.1, 0.15) is 12.1 Å². The van der Waals surface area contributed by atoms with E-state index in [1.807, 2.05) is 24.3 Å². The van der Waals surface area contributed by atoms with Crippen LogP contribution in [0, 0.1) is 0 Å². The molecule has 6 nitrogen and oxygen atoms in total. The number of nitrogens with zero attached hydrogens (tertiary/aromatic N) is 5. The summed E-state index contributed by atoms with van der Waals surface area (Å²) in [6, 6.07) is 18.8. The fourth-order valence-electron chi connectivity index (χ4n) is 4.54. The van der Waals surface area contributed by atoms with Gasteiger partial charge in [0, 0.05) is 37.4 Å². The molecule has 7 heteroatoms. The minimum absolute atomic E-state index is 0.773. The predicted octanol–water partition coefficient (Wildman–Crippen LogP) is 4.60. The Hall–Kier alpha value is -3.09. The van der Waals surface area contributed by atoms with Crippen molar-refractivity contribution in [3.8, 4) is 16.9 Å². The number of methoxy groups -OCH3 is 1. The second-order valence-electron chi connectivity index (χ2n) is 8.53. The maximum atomic E-state index is 6.74. The van der Waals surface area contributed by atoms with Gasteiger partial charge in [0.2, 0.25) is 0 Å². The van der Waals surface area contributed by atoms with Gasteiger partial charge in [-0.25, -0.2) is 0 Å². The van der Waals surface area contributed by atoms with Crippen molar-refractivity contribution in [2.45, 2.75) is 12.8 Å². The van der Waals surface area contributed by atoms with Gasteiger partial charge in [-0.3, -0.25) is 4.40 Å². The fraction of sp³-hybridized carbons (Fsp3) is 0.308. The average molecular weight is 462 g/mol. The number of hydrogen-bond donors (Lipinski definition) is 0. The lowest BCUT2D eigenvalue weighted by Gasteiger charge is -2.34. The molecular formula is C26H28ClN5O. The third-order valence-corrected chi connectivity index (χ3v) is 6.79. The van der Waals surface area contributed by atoms with Crippen LogP contribution in [0.2, 0.25) is 5.02 Å². The molecule has 0 atom stereocenters. The smallest absolute Gasteiger partial charge is 0.168 e. The summed E-state index contributed by atoms with van der Waals surface area (Å²) in [5.41, 5.74) is 6.37. The normalized spacial score (nSPS) is 14.7. The molecule has 0 spiro atoms. The first-order chi connectivity index (χ1) is 16.1. The zero-order chi connectivity index (χ0) is 22.8. The number of aromatic nitrogens is 3. The summed E-state index contributed by atoms with van der Waals surface area (Å²) in [5.74, 6) is 0.921. The van der Waals surface area contributed by atoms with Gasteiger partial charge in [-0.15, -0.1) is 10.2 Å². The van der Waals surface area contributed by atoms with E-state index in [0.717, 1.165) is 77.9 Å². The number of rotatable bonds is 6. The molecule has 2 aromatic carbocycles. The van der Waals surface area contributed by atoms with Crippen molar-refractivity contribution in [2.75, 3.05) is 45.2 Å². The first-order valence-corrected chi connectivity index (χ1v) is 11.7. The number of likely N-dealkylation sites (N-methyl/N-ethyl adjacent to an activating group) is 1. The van der Waals surface area contributed by atoms with E-state index in [1.165, 1.54) is 5.56 Å². The molecule has 4 aromatic rings. The molecule has 1 saturated heterocycles. The molecule has 0 unspecified atom stereocenters. The van der Waals surface area contributed by atoms with Crippen molar-refractivity contribution < 1.29 is 4.74 Å². The van der Waals surface area contributed by atoms with Crippen LogP contribution in [0.1, 0.15) is 11.3 Å². The third-order valence-electron chi connectivity index (χ3n) is 6.49. The van der Waals surface area contributed by atoms with Gasteiger partial charge in [-0.1, -0.05) is 35.9 Å². The van der Waals surface area contributed by atoms with E-state index in [4.69, 9.17) is 16.3 Å². The summed E-state index contributed by atoms with van der Waals surface area (Å²) >= 11 is 6.74. The van der Waals surface area contributed by atoms with E-state index < -0.39 is 0 Å². The minimum atomic E-state index is 0.773. The van der Waals surface area contributed by atoms with Gasteiger partial charge in [0.25, 0.3) is 0 Å². The number of halogens is 1. The monoisotopic (exact) mass is 461 g/mol. The molecule has 170 valence electrons. The Bertz CT molecular complexity index is 1260. The molecule has 5 rings (SSSR count). The quantitative estimate of drug-likeness (QED) is 0.420. The van der Waals surface area contributed by atoms with Crippen LogP contribution in [0.15, 0.2) is 60.9 Å². The van der Waals surface area contributed by atoms with Gasteiger partial charge in [0.15, 0.2) is 5.65 Å². The molecule has 1 aliphatic heterocycles. The molecule has 0 radical (unpaired) electrons. The van der Waals surface area contributed by atoms with Gasteiger partial charge < -0.3 is 14.5 Å². The fourth-order valence-corrected chi connectivity index (χ4v) is 4.84. The van der Waals surface area contributed by atoms with Crippen molar-refractivity contribution in [1.29, 1.82) is 0 Å². The lowest BCUT2D eigenvalue weighted by atomic mass is 10.0. The van der Waals surface area contributed by atoms with Gasteiger partial charge in [0.05, 0.1) is 17.8 Å². The molecule has 2 aromatic heterocycles. The minimum Gasteiger partial charge on any atom is -0.496 e. The second kappa shape index (κ2) is 9.41. The molecule has 0 N–H and O–H groups in total. The van der Waals surface area contributed by atoms with E-state index in [0.29, 0.717) is 0 Å². The van der Waals surface area contributed by atoms with Crippen LogP contribution in [0.4, 0.5) is 5.69 Å². The average Bonchev–Trinajstić information content (AvgIpc) is 3.34. The highest BCUT2D eigenvalue weighted by atomic mass is 35.5. The summed E-state index contributed by atoms with van der Waals surface area (Å²) in [4.78, 5) is 4.70. The number of fused-ring (bicyclic) bond motifs is 1. The molecular weight excluding hydrogens is 434 g/mol. The number of pyridine rings is 1. The third kappa shape index (κ3) is 4.41. The van der Waals surface area contributed by atoms with Crippen LogP contribution in [0.25, 0.3) is 16.8 Å². The van der Waals surface area contributed by atoms with Crippen molar-refractivity contribution in [3.63, 3.8) is 0 Å². The van der Waals surface area contributed by atoms with Gasteiger partial charge in [-0.05, 0) is 61.3 Å². The maximum absolute atomic E-state index is 6.74. The van der Waals surface area contributed by atoms with Crippen molar-refractivity contribution in [3.05, 3.63) is 77.2 Å². The Balaban J connectivity index is 1.41. The number of para-hydroxylation sites is 1. The number of ether oxygens (including phenoxy) is 1. The SMILES string of the molecule is COc1ccccc1CCc1ccc(-c2ccc(N3CCN(C)CC3)c(Cl)c2)c2nncn12. The number of aryl methyl sites for hydroxylation is 2. The zero-order valence-electron chi connectivity index (χ0n) is 19.0. The van der Waals surface area contributed by atoms with Crippen molar-refractivity contribution in [2.24, 2.45) is 0 Å². The lowest BCUT2D eigenvalue weighted by molar-refractivity contribution is 0.313. The molecule has 33 heavy (non-hydrogen) atoms. The number of piperazine rings is 1. The summed E-state index contributed by atoms with van der Waals surface area (Å²) in [7, 11) is 3.87. The number of hydrogen-bond acceptors (Lipinski definition) is 5. The Morgan fingerprint density at radius 3 is 2.58 bits per heavy atom. The van der Waals surface area contributed by atoms with Gasteiger partial charge >= 0.3 is 0 Å². The maximum Gasteiger partial charge on any atom is 0.168 e. The Labute approximate surface area is 199 Å². The second-order valence-corrected chi connectivity index (χ2v) is 8.94. The highest BCUT2D eigenvalue weighted by Crippen LogP contribution is 2.33. The standard InChI is InChI=1S/C26H28ClN5O/c1-30-13-15-31(16-14-30)24-12-8-20(17-23(24)27)22-11-10-21(32-18-28-29-26(22)32)9-7-19-5-3-4-6-25(19)33-2/h3-6,8,10-12,17-18H,7,9,13-16H2,1-2H3. The number of anilines is 1. The van der Waals surface area contributed by atoms with Crippen LogP contribution < -0.4 is 9.64 Å². The van der Waals surface area contributed by atoms with Crippen LogP contribution in [0.3, 0.4) is 0 Å². The molecule has 0 saturated carbocycles. The summed E-state index contributed by atoms with van der Waals surface area (Å²) in [6.07, 6.45) is 3.52. The zero-order valence-corrected chi connectivity index (χ0v) is 19.8. The van der Waals surface area contributed by atoms with Crippen LogP contribution in [-0.4, -0.2) is 59.8 Å². The van der Waals surface area contributed by atoms with E-state index >= 15 is 0 Å². The van der Waals surface area contributed by atoms with E-state index in [1.54, 1.807) is 13.4 Å². The Kier molecular flexibility index (Phi) is 6.20. The van der Waals surface area contributed by atoms with Gasteiger partial charge in [-0.2, -0.15) is 0 Å². The molecule has 0 amide bonds. The Morgan fingerprint density at radius 1 is 0.970 bits per heavy atom. The molecule has 0 aliphatic carbocycles. The lowest BCUT2D eigenvalue weighted by Crippen LogP contribution is -2.44. The topological polar surface area (TPSA) is 45.9 Å². The van der Waals surface area contributed by atoms with Crippen molar-refractivity contribution in [1.82, 2.24) is 19.5 Å². The summed E-state index contributed by atoms with van der Waals surface area (Å²) < 4.78 is 7.58. The highest BCUT2D eigenvalue weighted by molar-refractivity contribution is 6.33. The van der Waals surface area contributed by atoms with E-state index in [9.17, 15) is 0 Å². The summed E-state index contributed by atoms with van der Waals surface area (Å²) in [6.45, 7) is 4.08. The van der Waals surface area contributed by atoms with E-state index in [-0.39, 0.29) is 0 Å². The molecule has 1 aliphatic rings. The molecule has 0 bridgehead atoms. The van der Waals surface area contributed by atoms with Crippen LogP contribution in [0.5, 0.6) is 5.75 Å². The summed E-state index contributed by atoms with van der Waals surface area (Å²) in [5, 5.41) is 9.40. The largest absolute Gasteiger partial charge is 0.496 e. The predicted molar refractivity (Wildman–Crippen MR) is 134 cm³/mol. The highest BCUT2D eigenvalue weighted by Gasteiger charge is 2.18. The van der Waals surface area contributed by atoms with E-state index in [2.05, 4.69) is 61.8 Å². The van der Waals surface area contributed by atoms with Crippen LogP contribution >= 0.6 is 11.6 Å². The molecule has 1 fully saturated rings. The molecule has 3 heterocycles. The van der Waals surface area contributed by atoms with Crippen molar-refractivity contribution >= 4 is 22.9 Å². The first-order valence-electron chi connectivity index (χ1n) is 11.3. The first kappa shape index (κ1) is 21.7. The Morgan fingerprint density at radius 2 is 1.79 bits per heavy atom. The van der Waals surface area contributed by atoms with Crippen LogP contribution in [-0.2, 0) is 12.8 Å².